The molecule has 138 valence electrons. The maximum absolute atomic E-state index is 12.6. The van der Waals surface area contributed by atoms with Crippen LogP contribution in [0.4, 0.5) is 0 Å². The van der Waals surface area contributed by atoms with Crippen molar-refractivity contribution in [2.75, 3.05) is 19.6 Å². The summed E-state index contributed by atoms with van der Waals surface area (Å²) >= 11 is 0. The van der Waals surface area contributed by atoms with Crippen LogP contribution in [0.15, 0.2) is 35.1 Å². The molecule has 1 aromatic carbocycles. The molecule has 1 N–H and O–H groups in total. The van der Waals surface area contributed by atoms with Crippen molar-refractivity contribution in [1.82, 2.24) is 10.2 Å². The molecule has 0 radical (unpaired) electrons. The summed E-state index contributed by atoms with van der Waals surface area (Å²) in [5.74, 6) is 0.419. The van der Waals surface area contributed by atoms with Crippen molar-refractivity contribution in [3.63, 3.8) is 0 Å². The molecule has 3 rings (SSSR count). The molecule has 1 aliphatic heterocycles. The number of hydrogen-bond donors (Lipinski definition) is 1. The first-order chi connectivity index (χ1) is 12.5. The lowest BCUT2D eigenvalue weighted by Gasteiger charge is -2.32. The average molecular weight is 354 g/mol. The Balaban J connectivity index is 1.51. The number of benzene rings is 1. The van der Waals surface area contributed by atoms with E-state index in [2.05, 4.69) is 5.32 Å². The summed E-state index contributed by atoms with van der Waals surface area (Å²) in [7, 11) is 0. The number of likely N-dealkylation sites (tertiary alicyclic amines) is 1. The van der Waals surface area contributed by atoms with E-state index in [9.17, 15) is 9.59 Å². The van der Waals surface area contributed by atoms with Crippen LogP contribution in [0.5, 0.6) is 0 Å². The number of nitrogens with zero attached hydrogens (tertiary/aromatic N) is 1. The highest BCUT2D eigenvalue weighted by molar-refractivity contribution is 5.97. The van der Waals surface area contributed by atoms with Gasteiger partial charge in [0, 0.05) is 25.2 Å². The third-order valence-electron chi connectivity index (χ3n) is 5.13. The monoisotopic (exact) mass is 354 g/mol. The molecule has 0 unspecified atom stereocenters. The van der Waals surface area contributed by atoms with E-state index in [0.717, 1.165) is 29.5 Å². The van der Waals surface area contributed by atoms with E-state index in [-0.39, 0.29) is 11.8 Å². The number of carbonyl (C=O) groups is 2. The molecule has 0 saturated carbocycles. The highest BCUT2D eigenvalue weighted by atomic mass is 16.3. The fourth-order valence-electron chi connectivity index (χ4n) is 3.77. The molecule has 26 heavy (non-hydrogen) atoms. The molecular formula is C21H26N2O3. The lowest BCUT2D eigenvalue weighted by atomic mass is 9.95. The molecule has 0 bridgehead atoms. The smallest absolute Gasteiger partial charge is 0.257 e. The van der Waals surface area contributed by atoms with Crippen molar-refractivity contribution in [3.05, 3.63) is 58.5 Å². The minimum absolute atomic E-state index is 0.00287. The van der Waals surface area contributed by atoms with Crippen molar-refractivity contribution in [3.8, 4) is 0 Å². The van der Waals surface area contributed by atoms with Gasteiger partial charge >= 0.3 is 0 Å². The minimum atomic E-state index is -0.00287. The fraction of sp³-hybridized carbons (Fsp3) is 0.429. The Labute approximate surface area is 154 Å². The summed E-state index contributed by atoms with van der Waals surface area (Å²) in [5.41, 5.74) is 4.58. The van der Waals surface area contributed by atoms with Crippen molar-refractivity contribution in [2.24, 2.45) is 5.92 Å². The molecule has 2 aromatic rings. The standard InChI is InChI=1S/C21H26N2O3/c1-14-10-15(2)19(16(3)11-14)20(24)22-12-17-4-7-23(8-5-17)21(25)18-6-9-26-13-18/h6,9-11,13,17H,4-5,7-8,12H2,1-3H3,(H,22,24). The number of carbonyl (C=O) groups excluding carboxylic acids is 2. The zero-order chi connectivity index (χ0) is 18.7. The van der Waals surface area contributed by atoms with Crippen LogP contribution in [0.3, 0.4) is 0 Å². The first-order valence-electron chi connectivity index (χ1n) is 9.13. The Morgan fingerprint density at radius 3 is 2.38 bits per heavy atom. The van der Waals surface area contributed by atoms with Crippen LogP contribution < -0.4 is 5.32 Å². The first-order valence-corrected chi connectivity index (χ1v) is 9.13. The van der Waals surface area contributed by atoms with E-state index in [1.54, 1.807) is 6.07 Å². The molecule has 1 aliphatic rings. The van der Waals surface area contributed by atoms with E-state index in [1.165, 1.54) is 18.1 Å². The highest BCUT2D eigenvalue weighted by Crippen LogP contribution is 2.20. The Kier molecular flexibility index (Phi) is 5.45. The largest absolute Gasteiger partial charge is 0.472 e. The van der Waals surface area contributed by atoms with Gasteiger partial charge < -0.3 is 14.6 Å². The molecule has 0 spiro atoms. The van der Waals surface area contributed by atoms with E-state index in [1.807, 2.05) is 37.8 Å². The molecule has 1 fully saturated rings. The van der Waals surface area contributed by atoms with Gasteiger partial charge in [0.1, 0.15) is 6.26 Å². The molecule has 5 heteroatoms. The van der Waals surface area contributed by atoms with Gasteiger partial charge in [-0.05, 0) is 56.7 Å². The van der Waals surface area contributed by atoms with E-state index < -0.39 is 0 Å². The van der Waals surface area contributed by atoms with Crippen LogP contribution in [0.1, 0.15) is 50.2 Å². The van der Waals surface area contributed by atoms with Gasteiger partial charge in [-0.3, -0.25) is 9.59 Å². The average Bonchev–Trinajstić information content (AvgIpc) is 3.13. The number of rotatable bonds is 4. The van der Waals surface area contributed by atoms with Crippen LogP contribution in [0.2, 0.25) is 0 Å². The third-order valence-corrected chi connectivity index (χ3v) is 5.13. The summed E-state index contributed by atoms with van der Waals surface area (Å²) in [4.78, 5) is 26.8. The molecule has 2 amide bonds. The number of nitrogens with one attached hydrogen (secondary N) is 1. The molecule has 0 atom stereocenters. The quantitative estimate of drug-likeness (QED) is 0.914. The van der Waals surface area contributed by atoms with Crippen molar-refractivity contribution in [2.45, 2.75) is 33.6 Å². The summed E-state index contributed by atoms with van der Waals surface area (Å²) in [6.45, 7) is 8.09. The highest BCUT2D eigenvalue weighted by Gasteiger charge is 2.24. The van der Waals surface area contributed by atoms with Crippen LogP contribution in [0.25, 0.3) is 0 Å². The number of aryl methyl sites for hydroxylation is 3. The van der Waals surface area contributed by atoms with Gasteiger partial charge in [0.25, 0.3) is 11.8 Å². The van der Waals surface area contributed by atoms with Crippen molar-refractivity contribution >= 4 is 11.8 Å². The Morgan fingerprint density at radius 2 is 1.81 bits per heavy atom. The topological polar surface area (TPSA) is 62.6 Å². The van der Waals surface area contributed by atoms with Crippen molar-refractivity contribution < 1.29 is 14.0 Å². The van der Waals surface area contributed by atoms with Gasteiger partial charge in [-0.15, -0.1) is 0 Å². The van der Waals surface area contributed by atoms with Gasteiger partial charge in [0.2, 0.25) is 0 Å². The molecule has 1 aromatic heterocycles. The Morgan fingerprint density at radius 1 is 1.15 bits per heavy atom. The normalized spacial score (nSPS) is 15.1. The number of furan rings is 1. The second-order valence-corrected chi connectivity index (χ2v) is 7.23. The van der Waals surface area contributed by atoms with E-state index in [4.69, 9.17) is 4.42 Å². The summed E-state index contributed by atoms with van der Waals surface area (Å²) in [5, 5.41) is 3.08. The Bertz CT molecular complexity index is 765. The lowest BCUT2D eigenvalue weighted by molar-refractivity contribution is 0.0683. The second kappa shape index (κ2) is 7.77. The van der Waals surface area contributed by atoms with Crippen LogP contribution in [-0.4, -0.2) is 36.3 Å². The van der Waals surface area contributed by atoms with Crippen molar-refractivity contribution in [1.29, 1.82) is 0 Å². The van der Waals surface area contributed by atoms with Gasteiger partial charge in [-0.25, -0.2) is 0 Å². The molecule has 2 heterocycles. The SMILES string of the molecule is Cc1cc(C)c(C(=O)NCC2CCN(C(=O)c3ccoc3)CC2)c(C)c1. The van der Waals surface area contributed by atoms with Crippen LogP contribution >= 0.6 is 0 Å². The lowest BCUT2D eigenvalue weighted by Crippen LogP contribution is -2.41. The van der Waals surface area contributed by atoms with Gasteiger partial charge in [-0.1, -0.05) is 17.7 Å². The second-order valence-electron chi connectivity index (χ2n) is 7.23. The molecule has 1 saturated heterocycles. The van der Waals surface area contributed by atoms with E-state index >= 15 is 0 Å². The number of amides is 2. The maximum Gasteiger partial charge on any atom is 0.257 e. The predicted octanol–water partition coefficient (Wildman–Crippen LogP) is 3.49. The Hall–Kier alpha value is -2.56. The molecule has 0 aliphatic carbocycles. The number of piperidine rings is 1. The summed E-state index contributed by atoms with van der Waals surface area (Å²) in [6, 6.07) is 5.78. The van der Waals surface area contributed by atoms with Gasteiger partial charge in [0.05, 0.1) is 11.8 Å². The predicted molar refractivity (Wildman–Crippen MR) is 100 cm³/mol. The fourth-order valence-corrected chi connectivity index (χ4v) is 3.77. The van der Waals surface area contributed by atoms with E-state index in [0.29, 0.717) is 31.1 Å². The molecular weight excluding hydrogens is 328 g/mol. The minimum Gasteiger partial charge on any atom is -0.472 e. The zero-order valence-corrected chi connectivity index (χ0v) is 15.7. The molecule has 5 nitrogen and oxygen atoms in total. The first kappa shape index (κ1) is 18.2. The van der Waals surface area contributed by atoms with Gasteiger partial charge in [0.15, 0.2) is 0 Å². The summed E-state index contributed by atoms with van der Waals surface area (Å²) in [6.07, 6.45) is 4.80. The zero-order valence-electron chi connectivity index (χ0n) is 15.7. The maximum atomic E-state index is 12.6. The number of hydrogen-bond acceptors (Lipinski definition) is 3. The summed E-state index contributed by atoms with van der Waals surface area (Å²) < 4.78 is 4.99. The third kappa shape index (κ3) is 3.98. The van der Waals surface area contributed by atoms with Crippen LogP contribution in [0, 0.1) is 26.7 Å². The van der Waals surface area contributed by atoms with Gasteiger partial charge in [-0.2, -0.15) is 0 Å². The van der Waals surface area contributed by atoms with Crippen LogP contribution in [-0.2, 0) is 0 Å².